The van der Waals surface area contributed by atoms with Crippen molar-refractivity contribution in [2.45, 2.75) is 25.2 Å². The van der Waals surface area contributed by atoms with Gasteiger partial charge in [0.05, 0.1) is 6.33 Å². The number of aldehydes is 1. The molecule has 0 radical (unpaired) electrons. The second-order valence-electron chi connectivity index (χ2n) is 4.94. The van der Waals surface area contributed by atoms with Crippen LogP contribution in [-0.2, 0) is 17.6 Å². The summed E-state index contributed by atoms with van der Waals surface area (Å²) in [4.78, 5) is 18.6. The monoisotopic (exact) mass is 240 g/mol. The number of nitrogens with zero attached hydrogens (tertiary/aromatic N) is 1. The number of rotatable bonds is 3. The van der Waals surface area contributed by atoms with Gasteiger partial charge in [-0.05, 0) is 36.3 Å². The van der Waals surface area contributed by atoms with Gasteiger partial charge in [-0.15, -0.1) is 0 Å². The van der Waals surface area contributed by atoms with E-state index in [2.05, 4.69) is 28.2 Å². The highest BCUT2D eigenvalue weighted by Gasteiger charge is 2.29. The van der Waals surface area contributed by atoms with Gasteiger partial charge in [0.15, 0.2) is 0 Å². The van der Waals surface area contributed by atoms with Gasteiger partial charge in [0.2, 0.25) is 0 Å². The Hall–Kier alpha value is -1.90. The number of hydrogen-bond acceptors (Lipinski definition) is 2. The molecule has 2 unspecified atom stereocenters. The van der Waals surface area contributed by atoms with E-state index in [0.717, 1.165) is 31.2 Å². The first-order chi connectivity index (χ1) is 8.88. The molecule has 3 rings (SSSR count). The third-order valence-electron chi connectivity index (χ3n) is 3.89. The van der Waals surface area contributed by atoms with Gasteiger partial charge in [-0.3, -0.25) is 0 Å². The molecule has 0 aliphatic heterocycles. The van der Waals surface area contributed by atoms with Crippen LogP contribution in [0, 0.1) is 5.92 Å². The van der Waals surface area contributed by atoms with Gasteiger partial charge >= 0.3 is 0 Å². The number of carbonyl (C=O) groups is 1. The highest BCUT2D eigenvalue weighted by atomic mass is 16.1. The summed E-state index contributed by atoms with van der Waals surface area (Å²) in [6, 6.07) is 8.30. The predicted molar refractivity (Wildman–Crippen MR) is 69.3 cm³/mol. The topological polar surface area (TPSA) is 45.8 Å². The molecule has 1 aliphatic carbocycles. The molecule has 0 saturated carbocycles. The minimum Gasteiger partial charge on any atom is -0.348 e. The van der Waals surface area contributed by atoms with Crippen molar-refractivity contribution < 1.29 is 4.79 Å². The first-order valence-electron chi connectivity index (χ1n) is 6.39. The first-order valence-corrected chi connectivity index (χ1v) is 6.39. The second-order valence-corrected chi connectivity index (χ2v) is 4.94. The molecule has 0 amide bonds. The van der Waals surface area contributed by atoms with E-state index in [-0.39, 0.29) is 5.92 Å². The fourth-order valence-corrected chi connectivity index (χ4v) is 2.95. The number of nitrogens with one attached hydrogen (secondary N) is 1. The molecule has 3 heteroatoms. The summed E-state index contributed by atoms with van der Waals surface area (Å²) in [5.74, 6) is 0.413. The van der Waals surface area contributed by atoms with Crippen molar-refractivity contribution in [2.24, 2.45) is 5.92 Å². The van der Waals surface area contributed by atoms with Crippen molar-refractivity contribution in [3.05, 3.63) is 53.6 Å². The second kappa shape index (κ2) is 4.77. The Labute approximate surface area is 106 Å². The maximum atomic E-state index is 11.4. The molecule has 1 aromatic carbocycles. The van der Waals surface area contributed by atoms with Crippen LogP contribution in [0.1, 0.15) is 29.2 Å². The third-order valence-corrected chi connectivity index (χ3v) is 3.89. The first kappa shape index (κ1) is 11.2. The lowest BCUT2D eigenvalue weighted by Gasteiger charge is -2.29. The summed E-state index contributed by atoms with van der Waals surface area (Å²) >= 11 is 0. The molecule has 1 aliphatic rings. The van der Waals surface area contributed by atoms with Crippen LogP contribution in [0.3, 0.4) is 0 Å². The zero-order chi connectivity index (χ0) is 12.4. The van der Waals surface area contributed by atoms with Crippen molar-refractivity contribution in [2.75, 3.05) is 0 Å². The lowest BCUT2D eigenvalue weighted by Crippen LogP contribution is -2.23. The lowest BCUT2D eigenvalue weighted by molar-refractivity contribution is -0.110. The van der Waals surface area contributed by atoms with Crippen LogP contribution in [0.25, 0.3) is 0 Å². The predicted octanol–water partition coefficient (Wildman–Crippen LogP) is 2.50. The van der Waals surface area contributed by atoms with Crippen LogP contribution in [0.2, 0.25) is 0 Å². The standard InChI is InChI=1S/C15H16N2O/c18-9-15-12(7-13-8-16-10-17-13)6-5-11-3-1-2-4-14(11)15/h1-4,8-10,12,15H,5-7H2,(H,16,17). The van der Waals surface area contributed by atoms with Gasteiger partial charge in [0.25, 0.3) is 0 Å². The van der Waals surface area contributed by atoms with Crippen LogP contribution in [0.4, 0.5) is 0 Å². The minimum absolute atomic E-state index is 0.0262. The number of benzene rings is 1. The molecule has 0 fully saturated rings. The van der Waals surface area contributed by atoms with Crippen molar-refractivity contribution in [3.63, 3.8) is 0 Å². The van der Waals surface area contributed by atoms with E-state index in [9.17, 15) is 4.79 Å². The van der Waals surface area contributed by atoms with E-state index < -0.39 is 0 Å². The van der Waals surface area contributed by atoms with E-state index in [1.807, 2.05) is 12.3 Å². The van der Waals surface area contributed by atoms with Crippen LogP contribution in [-0.4, -0.2) is 16.3 Å². The van der Waals surface area contributed by atoms with Crippen LogP contribution >= 0.6 is 0 Å². The Kier molecular flexibility index (Phi) is 2.97. The van der Waals surface area contributed by atoms with Gasteiger partial charge in [-0.1, -0.05) is 24.3 Å². The zero-order valence-corrected chi connectivity index (χ0v) is 10.2. The van der Waals surface area contributed by atoms with Gasteiger partial charge in [0, 0.05) is 17.8 Å². The number of H-pyrrole nitrogens is 1. The Morgan fingerprint density at radius 2 is 2.28 bits per heavy atom. The number of hydrogen-bond donors (Lipinski definition) is 1. The van der Waals surface area contributed by atoms with Crippen molar-refractivity contribution in [3.8, 4) is 0 Å². The number of aromatic nitrogens is 2. The summed E-state index contributed by atoms with van der Waals surface area (Å²) in [6.07, 6.45) is 7.69. The molecule has 1 aromatic heterocycles. The Bertz CT molecular complexity index is 533. The normalized spacial score (nSPS) is 22.4. The van der Waals surface area contributed by atoms with Crippen molar-refractivity contribution in [1.29, 1.82) is 0 Å². The molecule has 1 N–H and O–H groups in total. The SMILES string of the molecule is O=CC1c2ccccc2CCC1Cc1cnc[nH]1. The minimum atomic E-state index is 0.0262. The largest absolute Gasteiger partial charge is 0.348 e. The van der Waals surface area contributed by atoms with E-state index in [4.69, 9.17) is 0 Å². The van der Waals surface area contributed by atoms with Crippen LogP contribution < -0.4 is 0 Å². The highest BCUT2D eigenvalue weighted by molar-refractivity contribution is 5.64. The Morgan fingerprint density at radius 3 is 3.06 bits per heavy atom. The summed E-state index contributed by atoms with van der Waals surface area (Å²) in [6.45, 7) is 0. The van der Waals surface area contributed by atoms with E-state index in [1.165, 1.54) is 11.1 Å². The molecule has 2 aromatic rings. The van der Waals surface area contributed by atoms with Crippen molar-refractivity contribution in [1.82, 2.24) is 9.97 Å². The summed E-state index contributed by atoms with van der Waals surface area (Å²) in [5.41, 5.74) is 3.66. The van der Waals surface area contributed by atoms with E-state index >= 15 is 0 Å². The van der Waals surface area contributed by atoms with Crippen molar-refractivity contribution >= 4 is 6.29 Å². The van der Waals surface area contributed by atoms with Gasteiger partial charge in [-0.25, -0.2) is 4.98 Å². The third kappa shape index (κ3) is 1.96. The molecular weight excluding hydrogens is 224 g/mol. The van der Waals surface area contributed by atoms with Gasteiger partial charge in [0.1, 0.15) is 6.29 Å². The molecule has 1 heterocycles. The Morgan fingerprint density at radius 1 is 1.39 bits per heavy atom. The molecule has 18 heavy (non-hydrogen) atoms. The fourth-order valence-electron chi connectivity index (χ4n) is 2.95. The fraction of sp³-hybridized carbons (Fsp3) is 0.333. The van der Waals surface area contributed by atoms with E-state index in [0.29, 0.717) is 5.92 Å². The molecule has 0 bridgehead atoms. The number of aryl methyl sites for hydroxylation is 1. The number of aromatic amines is 1. The van der Waals surface area contributed by atoms with Gasteiger partial charge < -0.3 is 9.78 Å². The number of imidazole rings is 1. The average Bonchev–Trinajstić information content (AvgIpc) is 2.91. The quantitative estimate of drug-likeness (QED) is 0.838. The van der Waals surface area contributed by atoms with Crippen LogP contribution in [0.15, 0.2) is 36.8 Å². The number of fused-ring (bicyclic) bond motifs is 1. The van der Waals surface area contributed by atoms with Gasteiger partial charge in [-0.2, -0.15) is 0 Å². The smallest absolute Gasteiger partial charge is 0.127 e. The maximum Gasteiger partial charge on any atom is 0.127 e. The molecular formula is C15H16N2O. The molecule has 0 saturated heterocycles. The molecule has 0 spiro atoms. The average molecular weight is 240 g/mol. The number of carbonyl (C=O) groups excluding carboxylic acids is 1. The zero-order valence-electron chi connectivity index (χ0n) is 10.2. The summed E-state index contributed by atoms with van der Waals surface area (Å²) in [7, 11) is 0. The maximum absolute atomic E-state index is 11.4. The molecule has 92 valence electrons. The molecule has 2 atom stereocenters. The van der Waals surface area contributed by atoms with E-state index in [1.54, 1.807) is 6.33 Å². The molecule has 3 nitrogen and oxygen atoms in total. The highest BCUT2D eigenvalue weighted by Crippen LogP contribution is 2.36. The summed E-state index contributed by atoms with van der Waals surface area (Å²) in [5, 5.41) is 0. The van der Waals surface area contributed by atoms with Crippen LogP contribution in [0.5, 0.6) is 0 Å². The Balaban J connectivity index is 1.87. The summed E-state index contributed by atoms with van der Waals surface area (Å²) < 4.78 is 0. The lowest BCUT2D eigenvalue weighted by atomic mass is 9.74.